The summed E-state index contributed by atoms with van der Waals surface area (Å²) in [6.45, 7) is 1.30. The molecule has 0 saturated carbocycles. The molecule has 29 heavy (non-hydrogen) atoms. The first-order chi connectivity index (χ1) is 14.1. The summed E-state index contributed by atoms with van der Waals surface area (Å²) in [7, 11) is 1.58. The maximum atomic E-state index is 13.0. The number of fused-ring (bicyclic) bond motifs is 1. The Labute approximate surface area is 167 Å². The summed E-state index contributed by atoms with van der Waals surface area (Å²) >= 11 is 0. The van der Waals surface area contributed by atoms with Crippen LogP contribution in [0.1, 0.15) is 40.4 Å². The smallest absolute Gasteiger partial charge is 0.256 e. The molecule has 1 aliphatic rings. The molecule has 7 nitrogen and oxygen atoms in total. The number of nitrogens with zero attached hydrogens (tertiary/aromatic N) is 4. The molecule has 0 bridgehead atoms. The van der Waals surface area contributed by atoms with E-state index in [1.54, 1.807) is 29.9 Å². The van der Waals surface area contributed by atoms with Crippen molar-refractivity contribution in [3.8, 4) is 0 Å². The molecule has 1 fully saturated rings. The summed E-state index contributed by atoms with van der Waals surface area (Å²) < 4.78 is 14.8. The van der Waals surface area contributed by atoms with Crippen molar-refractivity contribution < 1.29 is 14.0 Å². The zero-order chi connectivity index (χ0) is 20.4. The second-order valence-corrected chi connectivity index (χ2v) is 7.20. The summed E-state index contributed by atoms with van der Waals surface area (Å²) in [6.07, 6.45) is 5.13. The number of carbonyl (C=O) groups is 2. The number of amides is 2. The van der Waals surface area contributed by atoms with Crippen molar-refractivity contribution in [2.24, 2.45) is 0 Å². The van der Waals surface area contributed by atoms with Crippen molar-refractivity contribution in [2.45, 2.75) is 25.2 Å². The maximum absolute atomic E-state index is 13.0. The highest BCUT2D eigenvalue weighted by Crippen LogP contribution is 2.28. The van der Waals surface area contributed by atoms with Crippen molar-refractivity contribution >= 4 is 17.5 Å². The van der Waals surface area contributed by atoms with E-state index in [4.69, 9.17) is 0 Å². The molecule has 0 unspecified atom stereocenters. The van der Waals surface area contributed by atoms with Gasteiger partial charge in [-0.1, -0.05) is 12.1 Å². The Bertz CT molecular complexity index is 1040. The van der Waals surface area contributed by atoms with E-state index in [0.717, 1.165) is 24.1 Å². The second-order valence-electron chi connectivity index (χ2n) is 7.20. The summed E-state index contributed by atoms with van der Waals surface area (Å²) in [5.41, 5.74) is 2.79. The molecule has 0 atom stereocenters. The van der Waals surface area contributed by atoms with Gasteiger partial charge in [0.25, 0.3) is 5.91 Å². The minimum absolute atomic E-state index is 0.0518. The number of likely N-dealkylation sites (tertiary alicyclic amines) is 1. The lowest BCUT2D eigenvalue weighted by molar-refractivity contribution is -0.131. The van der Waals surface area contributed by atoms with Crippen LogP contribution in [0.25, 0.3) is 5.65 Å². The van der Waals surface area contributed by atoms with E-state index in [0.29, 0.717) is 24.3 Å². The van der Waals surface area contributed by atoms with Crippen molar-refractivity contribution in [1.82, 2.24) is 24.8 Å². The molecule has 0 aliphatic carbocycles. The fraction of sp³-hybridized carbons (Fsp3) is 0.333. The van der Waals surface area contributed by atoms with E-state index >= 15 is 0 Å². The summed E-state index contributed by atoms with van der Waals surface area (Å²) in [5.74, 6) is -0.238. The highest BCUT2D eigenvalue weighted by atomic mass is 19.1. The standard InChI is InChI=1S/C21H22FN5O2/c1-23-21(29)17-13-25-27-18(6-9-24-20(17)27)15-7-10-26(11-8-15)19(28)12-14-2-4-16(22)5-3-14/h2-6,9,13,15H,7-8,10-12H2,1H3,(H,23,29). The molecule has 3 aromatic rings. The molecule has 1 saturated heterocycles. The predicted octanol–water partition coefficient (Wildman–Crippen LogP) is 2.18. The molecular formula is C21H22FN5O2. The molecule has 1 N–H and O–H groups in total. The van der Waals surface area contributed by atoms with Crippen LogP contribution in [0, 0.1) is 5.82 Å². The Morgan fingerprint density at radius 3 is 2.59 bits per heavy atom. The lowest BCUT2D eigenvalue weighted by atomic mass is 9.93. The normalized spacial score (nSPS) is 14.9. The number of aromatic nitrogens is 3. The van der Waals surface area contributed by atoms with Gasteiger partial charge in [0.05, 0.1) is 12.6 Å². The zero-order valence-electron chi connectivity index (χ0n) is 16.1. The third kappa shape index (κ3) is 3.83. The fourth-order valence-electron chi connectivity index (χ4n) is 3.83. The van der Waals surface area contributed by atoms with Crippen molar-refractivity contribution in [2.75, 3.05) is 20.1 Å². The minimum Gasteiger partial charge on any atom is -0.355 e. The third-order valence-corrected chi connectivity index (χ3v) is 5.44. The molecule has 3 heterocycles. The number of rotatable bonds is 4. The van der Waals surface area contributed by atoms with Crippen LogP contribution in [0.2, 0.25) is 0 Å². The summed E-state index contributed by atoms with van der Waals surface area (Å²) in [4.78, 5) is 30.7. The first kappa shape index (κ1) is 19.0. The van der Waals surface area contributed by atoms with E-state index in [2.05, 4.69) is 15.4 Å². The average Bonchev–Trinajstić information content (AvgIpc) is 3.19. The SMILES string of the molecule is CNC(=O)c1cnn2c(C3CCN(C(=O)Cc4ccc(F)cc4)CC3)ccnc12. The lowest BCUT2D eigenvalue weighted by Crippen LogP contribution is -2.39. The topological polar surface area (TPSA) is 79.6 Å². The van der Waals surface area contributed by atoms with Gasteiger partial charge in [0.15, 0.2) is 5.65 Å². The highest BCUT2D eigenvalue weighted by Gasteiger charge is 2.26. The molecule has 1 aliphatic heterocycles. The van der Waals surface area contributed by atoms with Crippen molar-refractivity contribution in [3.05, 3.63) is 65.4 Å². The third-order valence-electron chi connectivity index (χ3n) is 5.44. The van der Waals surface area contributed by atoms with Crippen LogP contribution in [0.3, 0.4) is 0 Å². The number of hydrogen-bond donors (Lipinski definition) is 1. The predicted molar refractivity (Wildman–Crippen MR) is 105 cm³/mol. The van der Waals surface area contributed by atoms with Gasteiger partial charge in [0, 0.05) is 37.9 Å². The average molecular weight is 395 g/mol. The van der Waals surface area contributed by atoms with Gasteiger partial charge >= 0.3 is 0 Å². The molecule has 2 amide bonds. The molecule has 0 spiro atoms. The van der Waals surface area contributed by atoms with E-state index in [9.17, 15) is 14.0 Å². The molecule has 150 valence electrons. The van der Waals surface area contributed by atoms with Gasteiger partial charge in [-0.3, -0.25) is 9.59 Å². The van der Waals surface area contributed by atoms with Gasteiger partial charge in [-0.05, 0) is 36.6 Å². The Kier molecular flexibility index (Phi) is 5.24. The largest absolute Gasteiger partial charge is 0.355 e. The molecule has 0 radical (unpaired) electrons. The zero-order valence-corrected chi connectivity index (χ0v) is 16.1. The van der Waals surface area contributed by atoms with Gasteiger partial charge in [0.2, 0.25) is 5.91 Å². The van der Waals surface area contributed by atoms with E-state index in [-0.39, 0.29) is 30.0 Å². The van der Waals surface area contributed by atoms with E-state index in [1.165, 1.54) is 18.3 Å². The quantitative estimate of drug-likeness (QED) is 0.734. The summed E-state index contributed by atoms with van der Waals surface area (Å²) in [5, 5.41) is 6.96. The van der Waals surface area contributed by atoms with Crippen LogP contribution >= 0.6 is 0 Å². The van der Waals surface area contributed by atoms with Crippen LogP contribution < -0.4 is 5.32 Å². The molecule has 1 aromatic carbocycles. The van der Waals surface area contributed by atoms with E-state index < -0.39 is 0 Å². The van der Waals surface area contributed by atoms with Crippen molar-refractivity contribution in [1.29, 1.82) is 0 Å². The Balaban J connectivity index is 1.44. The number of hydrogen-bond acceptors (Lipinski definition) is 4. The van der Waals surface area contributed by atoms with Crippen LogP contribution in [-0.2, 0) is 11.2 Å². The number of piperidine rings is 1. The van der Waals surface area contributed by atoms with Crippen LogP contribution in [0.4, 0.5) is 4.39 Å². The minimum atomic E-state index is -0.302. The molecule has 4 rings (SSSR count). The van der Waals surface area contributed by atoms with Crippen molar-refractivity contribution in [3.63, 3.8) is 0 Å². The van der Waals surface area contributed by atoms with Crippen LogP contribution in [-0.4, -0.2) is 51.4 Å². The van der Waals surface area contributed by atoms with E-state index in [1.807, 2.05) is 11.0 Å². The molecule has 8 heteroatoms. The monoisotopic (exact) mass is 395 g/mol. The fourth-order valence-corrected chi connectivity index (χ4v) is 3.83. The molecular weight excluding hydrogens is 373 g/mol. The first-order valence-corrected chi connectivity index (χ1v) is 9.63. The van der Waals surface area contributed by atoms with Crippen LogP contribution in [0.15, 0.2) is 42.7 Å². The highest BCUT2D eigenvalue weighted by molar-refractivity contribution is 5.99. The van der Waals surface area contributed by atoms with Gasteiger partial charge in [0.1, 0.15) is 11.4 Å². The van der Waals surface area contributed by atoms with Crippen LogP contribution in [0.5, 0.6) is 0 Å². The second kappa shape index (κ2) is 7.98. The number of nitrogens with one attached hydrogen (secondary N) is 1. The number of carbonyl (C=O) groups excluding carboxylic acids is 2. The Morgan fingerprint density at radius 2 is 1.90 bits per heavy atom. The Hall–Kier alpha value is -3.29. The number of benzene rings is 1. The van der Waals surface area contributed by atoms with Gasteiger partial charge in [-0.15, -0.1) is 0 Å². The number of halogens is 1. The molecule has 2 aromatic heterocycles. The van der Waals surface area contributed by atoms with Gasteiger partial charge in [-0.2, -0.15) is 5.10 Å². The first-order valence-electron chi connectivity index (χ1n) is 9.63. The summed E-state index contributed by atoms with van der Waals surface area (Å²) in [6, 6.07) is 7.97. The maximum Gasteiger partial charge on any atom is 0.256 e. The van der Waals surface area contributed by atoms with Gasteiger partial charge in [-0.25, -0.2) is 13.9 Å². The lowest BCUT2D eigenvalue weighted by Gasteiger charge is -2.32. The Morgan fingerprint density at radius 1 is 1.17 bits per heavy atom. The van der Waals surface area contributed by atoms with Gasteiger partial charge < -0.3 is 10.2 Å².